The van der Waals surface area contributed by atoms with Crippen molar-refractivity contribution in [1.82, 2.24) is 24.4 Å². The van der Waals surface area contributed by atoms with Crippen LogP contribution in [0.4, 0.5) is 11.4 Å². The number of carboxylic acids is 1. The van der Waals surface area contributed by atoms with Crippen LogP contribution in [-0.2, 0) is 7.05 Å². The normalized spacial score (nSPS) is 19.1. The van der Waals surface area contributed by atoms with Crippen LogP contribution in [0.1, 0.15) is 16.8 Å². The molecule has 2 atom stereocenters. The van der Waals surface area contributed by atoms with Gasteiger partial charge in [0.05, 0.1) is 37.7 Å². The lowest BCUT2D eigenvalue weighted by Gasteiger charge is -2.29. The molecule has 3 N–H and O–H groups in total. The Kier molecular flexibility index (Phi) is 5.93. The second-order valence-corrected chi connectivity index (χ2v) is 11.8. The van der Waals surface area contributed by atoms with Gasteiger partial charge in [-0.15, -0.1) is 0 Å². The summed E-state index contributed by atoms with van der Waals surface area (Å²) in [6.07, 6.45) is 5.86. The van der Waals surface area contributed by atoms with Gasteiger partial charge in [-0.05, 0) is 31.5 Å². The van der Waals surface area contributed by atoms with Gasteiger partial charge in [-0.1, -0.05) is 23.2 Å². The molecule has 0 spiro atoms. The van der Waals surface area contributed by atoms with E-state index in [4.69, 9.17) is 28.2 Å². The van der Waals surface area contributed by atoms with Crippen molar-refractivity contribution < 1.29 is 9.90 Å². The van der Waals surface area contributed by atoms with Crippen molar-refractivity contribution in [3.05, 3.63) is 56.6 Å². The average Bonchev–Trinajstić information content (AvgIpc) is 3.64. The Hall–Kier alpha value is -3.86. The van der Waals surface area contributed by atoms with Crippen molar-refractivity contribution in [2.24, 2.45) is 13.0 Å². The van der Waals surface area contributed by atoms with Crippen LogP contribution in [0.25, 0.3) is 44.1 Å². The number of nitrogens with zero attached hydrogens (tertiary/aromatic N) is 5. The highest BCUT2D eigenvalue weighted by atomic mass is 35.5. The van der Waals surface area contributed by atoms with Gasteiger partial charge >= 0.3 is 5.97 Å². The number of rotatable bonds is 4. The van der Waals surface area contributed by atoms with E-state index in [1.54, 1.807) is 36.1 Å². The van der Waals surface area contributed by atoms with Gasteiger partial charge in [0.1, 0.15) is 16.9 Å². The van der Waals surface area contributed by atoms with Crippen LogP contribution in [0.2, 0.25) is 10.0 Å². The van der Waals surface area contributed by atoms with Crippen molar-refractivity contribution in [2.75, 3.05) is 43.9 Å². The standard InChI is InChI=1S/C29H27Cl2N7O3/c1-32-19-7-18(30)23(31)21-22-25(38-5-4-13-10-36(2)12-20(13)38)16(9-33-27(22)35-24(19)21)14-6-15-26(39)17(29(40)41)11-37(3)28(15)34-8-14/h6-9,11,13,20,32H,4-5,10,12H2,1-3H3,(H,33,35)(H,40,41)/t13?,20-/m1/s1. The van der Waals surface area contributed by atoms with Crippen molar-refractivity contribution in [3.8, 4) is 11.1 Å². The third-order valence-corrected chi connectivity index (χ3v) is 9.39. The summed E-state index contributed by atoms with van der Waals surface area (Å²) in [5, 5.41) is 15.6. The number of pyridine rings is 3. The smallest absolute Gasteiger partial charge is 0.341 e. The molecule has 2 fully saturated rings. The molecule has 6 heterocycles. The number of halogens is 2. The van der Waals surface area contributed by atoms with Gasteiger partial charge < -0.3 is 29.8 Å². The zero-order chi connectivity index (χ0) is 28.7. The third kappa shape index (κ3) is 3.81. The van der Waals surface area contributed by atoms with Crippen LogP contribution in [0, 0.1) is 5.92 Å². The van der Waals surface area contributed by atoms with Gasteiger partial charge in [-0.2, -0.15) is 0 Å². The molecular formula is C29H27Cl2N7O3. The number of H-pyrrole nitrogens is 1. The maximum Gasteiger partial charge on any atom is 0.341 e. The van der Waals surface area contributed by atoms with E-state index < -0.39 is 11.4 Å². The van der Waals surface area contributed by atoms with Crippen LogP contribution < -0.4 is 15.6 Å². The van der Waals surface area contributed by atoms with E-state index >= 15 is 0 Å². The molecule has 4 aromatic heterocycles. The number of anilines is 2. The molecule has 10 nitrogen and oxygen atoms in total. The minimum atomic E-state index is -1.28. The Morgan fingerprint density at radius 2 is 1.95 bits per heavy atom. The number of fused-ring (bicyclic) bond motifs is 5. The Bertz CT molecular complexity index is 1990. The fourth-order valence-electron chi connectivity index (χ4n) is 6.76. The van der Waals surface area contributed by atoms with Crippen LogP contribution in [0.5, 0.6) is 0 Å². The first kappa shape index (κ1) is 26.1. The van der Waals surface area contributed by atoms with Crippen LogP contribution in [0.15, 0.2) is 35.5 Å². The Morgan fingerprint density at radius 1 is 1.15 bits per heavy atom. The second-order valence-electron chi connectivity index (χ2n) is 11.0. The fraction of sp³-hybridized carbons (Fsp3) is 0.310. The summed E-state index contributed by atoms with van der Waals surface area (Å²) < 4.78 is 1.56. The highest BCUT2D eigenvalue weighted by Gasteiger charge is 2.42. The van der Waals surface area contributed by atoms with Crippen molar-refractivity contribution in [1.29, 1.82) is 0 Å². The Labute approximate surface area is 244 Å². The van der Waals surface area contributed by atoms with Gasteiger partial charge in [0.15, 0.2) is 0 Å². The zero-order valence-corrected chi connectivity index (χ0v) is 24.1. The predicted octanol–water partition coefficient (Wildman–Crippen LogP) is 4.82. The highest BCUT2D eigenvalue weighted by Crippen LogP contribution is 2.48. The van der Waals surface area contributed by atoms with E-state index in [1.807, 2.05) is 7.05 Å². The van der Waals surface area contributed by atoms with Crippen molar-refractivity contribution in [2.45, 2.75) is 12.5 Å². The van der Waals surface area contributed by atoms with Crippen LogP contribution in [0.3, 0.4) is 0 Å². The lowest BCUT2D eigenvalue weighted by Crippen LogP contribution is -2.35. The van der Waals surface area contributed by atoms with E-state index in [0.717, 1.165) is 59.3 Å². The summed E-state index contributed by atoms with van der Waals surface area (Å²) in [4.78, 5) is 42.7. The molecule has 2 aliphatic rings. The summed E-state index contributed by atoms with van der Waals surface area (Å²) in [5.74, 6) is -0.755. The maximum atomic E-state index is 13.2. The number of benzene rings is 1. The van der Waals surface area contributed by atoms with E-state index in [1.165, 1.54) is 6.20 Å². The second kappa shape index (κ2) is 9.34. The summed E-state index contributed by atoms with van der Waals surface area (Å²) in [7, 11) is 5.65. The van der Waals surface area contributed by atoms with E-state index in [2.05, 4.69) is 32.1 Å². The molecule has 5 aromatic rings. The van der Waals surface area contributed by atoms with Gasteiger partial charge in [0, 0.05) is 74.9 Å². The highest BCUT2D eigenvalue weighted by molar-refractivity contribution is 6.47. The SMILES string of the molecule is CNc1cc(Cl)c(Cl)c2c1[nH]c1ncc(-c3cnc4c(c3)c(=O)c(C(=O)O)cn4C)c(N3CCC4CN(C)C[C@H]43)c12. The molecule has 7 rings (SSSR count). The maximum absolute atomic E-state index is 13.2. The number of aryl methyl sites for hydroxylation is 1. The number of likely N-dealkylation sites (N-methyl/N-ethyl adjacent to an activating group) is 1. The average molecular weight is 592 g/mol. The summed E-state index contributed by atoms with van der Waals surface area (Å²) in [5.41, 5.74) is 4.20. The predicted molar refractivity (Wildman–Crippen MR) is 163 cm³/mol. The molecule has 2 aliphatic heterocycles. The lowest BCUT2D eigenvalue weighted by molar-refractivity contribution is 0.0695. The number of nitrogens with one attached hydrogen (secondary N) is 2. The quantitative estimate of drug-likeness (QED) is 0.272. The number of carbonyl (C=O) groups is 1. The molecule has 0 amide bonds. The molecule has 0 radical (unpaired) electrons. The van der Waals surface area contributed by atoms with E-state index in [-0.39, 0.29) is 17.0 Å². The fourth-order valence-corrected chi connectivity index (χ4v) is 7.21. The number of likely N-dealkylation sites (tertiary alicyclic amines) is 1. The molecule has 12 heteroatoms. The Morgan fingerprint density at radius 3 is 2.71 bits per heavy atom. The molecule has 0 bridgehead atoms. The van der Waals surface area contributed by atoms with Crippen LogP contribution >= 0.6 is 23.2 Å². The Balaban J connectivity index is 1.57. The van der Waals surface area contributed by atoms with Gasteiger partial charge in [-0.25, -0.2) is 14.8 Å². The minimum absolute atomic E-state index is 0.230. The lowest BCUT2D eigenvalue weighted by atomic mass is 9.99. The molecule has 1 aromatic carbocycles. The molecule has 2 saturated heterocycles. The van der Waals surface area contributed by atoms with Gasteiger partial charge in [-0.3, -0.25) is 4.79 Å². The number of carboxylic acid groups (broad SMARTS) is 1. The zero-order valence-electron chi connectivity index (χ0n) is 22.6. The number of aromatic carboxylic acids is 1. The molecule has 0 aliphatic carbocycles. The van der Waals surface area contributed by atoms with E-state index in [0.29, 0.717) is 32.8 Å². The number of hydrogen-bond acceptors (Lipinski definition) is 7. The minimum Gasteiger partial charge on any atom is -0.477 e. The molecule has 0 saturated carbocycles. The molecule has 1 unspecified atom stereocenters. The van der Waals surface area contributed by atoms with Crippen LogP contribution in [-0.4, -0.2) is 75.3 Å². The first-order valence-electron chi connectivity index (χ1n) is 13.4. The van der Waals surface area contributed by atoms with Crippen molar-refractivity contribution in [3.63, 3.8) is 0 Å². The van der Waals surface area contributed by atoms with Gasteiger partial charge in [0.25, 0.3) is 0 Å². The monoisotopic (exact) mass is 591 g/mol. The first-order chi connectivity index (χ1) is 19.7. The third-order valence-electron chi connectivity index (χ3n) is 8.61. The summed E-state index contributed by atoms with van der Waals surface area (Å²) in [6.45, 7) is 2.80. The van der Waals surface area contributed by atoms with E-state index in [9.17, 15) is 14.7 Å². The number of aromatic amines is 1. The summed E-state index contributed by atoms with van der Waals surface area (Å²) in [6, 6.07) is 3.81. The van der Waals surface area contributed by atoms with Crippen molar-refractivity contribution >= 4 is 73.5 Å². The molecule has 41 heavy (non-hydrogen) atoms. The largest absolute Gasteiger partial charge is 0.477 e. The molecular weight excluding hydrogens is 565 g/mol. The molecule has 210 valence electrons. The number of aromatic nitrogens is 4. The van der Waals surface area contributed by atoms with Gasteiger partial charge in [0.2, 0.25) is 5.43 Å². The topological polar surface area (TPSA) is 119 Å². The number of hydrogen-bond donors (Lipinski definition) is 3. The first-order valence-corrected chi connectivity index (χ1v) is 14.1. The summed E-state index contributed by atoms with van der Waals surface area (Å²) >= 11 is 13.5.